The van der Waals surface area contributed by atoms with Crippen molar-refractivity contribution in [1.82, 2.24) is 5.32 Å². The highest BCUT2D eigenvalue weighted by Crippen LogP contribution is 2.23. The maximum absolute atomic E-state index is 13.0. The zero-order valence-corrected chi connectivity index (χ0v) is 17.1. The lowest BCUT2D eigenvalue weighted by molar-refractivity contribution is -0.128. The van der Waals surface area contributed by atoms with Crippen molar-refractivity contribution in [2.24, 2.45) is 5.73 Å². The average molecular weight is 402 g/mol. The van der Waals surface area contributed by atoms with Crippen molar-refractivity contribution >= 4 is 17.4 Å². The number of carbonyl (C=O) groups is 1. The van der Waals surface area contributed by atoms with Crippen molar-refractivity contribution in [3.05, 3.63) is 95.6 Å². The van der Waals surface area contributed by atoms with Gasteiger partial charge in [0.25, 0.3) is 5.91 Å². The Labute approximate surface area is 176 Å². The number of nitrogens with two attached hydrogens (primary N) is 1. The van der Waals surface area contributed by atoms with Gasteiger partial charge >= 0.3 is 0 Å². The molecule has 0 fully saturated rings. The number of carbonyl (C=O) groups excluding carboxylic acids is 1. The van der Waals surface area contributed by atoms with Crippen LogP contribution in [0.1, 0.15) is 22.8 Å². The third-order valence-electron chi connectivity index (χ3n) is 4.66. The van der Waals surface area contributed by atoms with Crippen LogP contribution < -0.4 is 20.7 Å². The van der Waals surface area contributed by atoms with Gasteiger partial charge in [0.1, 0.15) is 11.6 Å². The normalized spacial score (nSPS) is 11.4. The van der Waals surface area contributed by atoms with E-state index in [1.807, 2.05) is 73.6 Å². The molecule has 0 aliphatic carbocycles. The summed E-state index contributed by atoms with van der Waals surface area (Å²) in [5.74, 6) is 0.176. The van der Waals surface area contributed by atoms with Gasteiger partial charge in [0, 0.05) is 37.5 Å². The Kier molecular flexibility index (Phi) is 6.70. The van der Waals surface area contributed by atoms with E-state index < -0.39 is 6.10 Å². The molecule has 6 heteroatoms. The molecule has 6 nitrogen and oxygen atoms in total. The number of nitrogens with one attached hydrogen (secondary N) is 2. The Morgan fingerprint density at radius 2 is 1.73 bits per heavy atom. The second-order valence-corrected chi connectivity index (χ2v) is 7.13. The molecule has 4 N–H and O–H groups in total. The van der Waals surface area contributed by atoms with Gasteiger partial charge in [-0.3, -0.25) is 10.2 Å². The van der Waals surface area contributed by atoms with Gasteiger partial charge < -0.3 is 20.7 Å². The van der Waals surface area contributed by atoms with Gasteiger partial charge in [0.05, 0.1) is 0 Å². The molecule has 0 saturated heterocycles. The third-order valence-corrected chi connectivity index (χ3v) is 4.66. The molecular formula is C24H26N4O2. The van der Waals surface area contributed by atoms with Crippen molar-refractivity contribution < 1.29 is 9.53 Å². The van der Waals surface area contributed by atoms with Crippen LogP contribution in [-0.2, 0) is 11.3 Å². The molecule has 1 atom stereocenters. The molecule has 1 unspecified atom stereocenters. The lowest BCUT2D eigenvalue weighted by Gasteiger charge is -2.20. The summed E-state index contributed by atoms with van der Waals surface area (Å²) in [6.45, 7) is 0.396. The van der Waals surface area contributed by atoms with Gasteiger partial charge in [-0.15, -0.1) is 0 Å². The van der Waals surface area contributed by atoms with Crippen molar-refractivity contribution in [3.8, 4) is 5.75 Å². The monoisotopic (exact) mass is 402 g/mol. The summed E-state index contributed by atoms with van der Waals surface area (Å²) in [7, 11) is 3.97. The van der Waals surface area contributed by atoms with E-state index in [0.717, 1.165) is 16.8 Å². The van der Waals surface area contributed by atoms with Gasteiger partial charge in [0.2, 0.25) is 6.10 Å². The molecule has 0 aromatic heterocycles. The SMILES string of the molecule is CN(C)c1ccc(CNC(=O)C(Oc2cccc(C(=N)N)c2)c2ccccc2)cc1. The first-order chi connectivity index (χ1) is 14.4. The molecule has 0 radical (unpaired) electrons. The van der Waals surface area contributed by atoms with E-state index >= 15 is 0 Å². The fraction of sp³-hybridized carbons (Fsp3) is 0.167. The maximum atomic E-state index is 13.0. The minimum Gasteiger partial charge on any atom is -0.476 e. The minimum atomic E-state index is -0.825. The van der Waals surface area contributed by atoms with E-state index in [1.54, 1.807) is 24.3 Å². The number of rotatable bonds is 8. The zero-order valence-electron chi connectivity index (χ0n) is 17.1. The Bertz CT molecular complexity index is 1000. The summed E-state index contributed by atoms with van der Waals surface area (Å²) in [6.07, 6.45) is -0.825. The lowest BCUT2D eigenvalue weighted by Crippen LogP contribution is -2.32. The standard InChI is InChI=1S/C24H26N4O2/c1-28(2)20-13-11-17(12-14-20)16-27-24(29)22(18-7-4-3-5-8-18)30-21-10-6-9-19(15-21)23(25)26/h3-15,22H,16H2,1-2H3,(H3,25,26)(H,27,29). The molecule has 1 amide bonds. The summed E-state index contributed by atoms with van der Waals surface area (Å²) in [4.78, 5) is 15.0. The topological polar surface area (TPSA) is 91.4 Å². The summed E-state index contributed by atoms with van der Waals surface area (Å²) in [6, 6.07) is 24.2. The van der Waals surface area contributed by atoms with Crippen LogP contribution >= 0.6 is 0 Å². The van der Waals surface area contributed by atoms with E-state index in [1.165, 1.54) is 0 Å². The predicted molar refractivity (Wildman–Crippen MR) is 120 cm³/mol. The van der Waals surface area contributed by atoms with Crippen LogP contribution in [0.15, 0.2) is 78.9 Å². The second kappa shape index (κ2) is 9.60. The lowest BCUT2D eigenvalue weighted by atomic mass is 10.1. The second-order valence-electron chi connectivity index (χ2n) is 7.13. The highest BCUT2D eigenvalue weighted by molar-refractivity contribution is 5.95. The van der Waals surface area contributed by atoms with Crippen molar-refractivity contribution in [2.45, 2.75) is 12.6 Å². The predicted octanol–water partition coefficient (Wildman–Crippen LogP) is 3.47. The number of nitrogen functional groups attached to an aromatic ring is 1. The number of benzene rings is 3. The largest absolute Gasteiger partial charge is 0.476 e. The molecular weight excluding hydrogens is 376 g/mol. The molecule has 3 aromatic rings. The van der Waals surface area contributed by atoms with Gasteiger partial charge in [-0.2, -0.15) is 0 Å². The zero-order chi connectivity index (χ0) is 21.5. The Hall–Kier alpha value is -3.80. The Morgan fingerprint density at radius 1 is 1.03 bits per heavy atom. The Morgan fingerprint density at radius 3 is 2.37 bits per heavy atom. The number of ether oxygens (including phenoxy) is 1. The van der Waals surface area contributed by atoms with Crippen LogP contribution in [0, 0.1) is 5.41 Å². The van der Waals surface area contributed by atoms with Gasteiger partial charge in [-0.25, -0.2) is 0 Å². The van der Waals surface area contributed by atoms with Crippen molar-refractivity contribution in [1.29, 1.82) is 5.41 Å². The van der Waals surface area contributed by atoms with Crippen LogP contribution in [0.3, 0.4) is 0 Å². The van der Waals surface area contributed by atoms with E-state index in [9.17, 15) is 4.79 Å². The number of hydrogen-bond acceptors (Lipinski definition) is 4. The van der Waals surface area contributed by atoms with Crippen LogP contribution in [0.4, 0.5) is 5.69 Å². The van der Waals surface area contributed by atoms with Crippen LogP contribution in [0.25, 0.3) is 0 Å². The molecule has 0 bridgehead atoms. The summed E-state index contributed by atoms with van der Waals surface area (Å²) < 4.78 is 6.02. The maximum Gasteiger partial charge on any atom is 0.266 e. The van der Waals surface area contributed by atoms with Gasteiger partial charge in [0.15, 0.2) is 0 Å². The van der Waals surface area contributed by atoms with Crippen molar-refractivity contribution in [2.75, 3.05) is 19.0 Å². The molecule has 30 heavy (non-hydrogen) atoms. The first kappa shape index (κ1) is 20.9. The molecule has 0 saturated carbocycles. The summed E-state index contributed by atoms with van der Waals surface area (Å²) in [5.41, 5.74) is 8.95. The molecule has 0 spiro atoms. The van der Waals surface area contributed by atoms with Crippen LogP contribution in [0.5, 0.6) is 5.75 Å². The Balaban J connectivity index is 1.76. The fourth-order valence-corrected chi connectivity index (χ4v) is 2.97. The number of nitrogens with zero attached hydrogens (tertiary/aromatic N) is 1. The fourth-order valence-electron chi connectivity index (χ4n) is 2.97. The van der Waals surface area contributed by atoms with Crippen LogP contribution in [-0.4, -0.2) is 25.8 Å². The van der Waals surface area contributed by atoms with E-state index in [0.29, 0.717) is 17.9 Å². The molecule has 154 valence electrons. The van der Waals surface area contributed by atoms with E-state index in [4.69, 9.17) is 15.9 Å². The average Bonchev–Trinajstić information content (AvgIpc) is 2.77. The number of amides is 1. The van der Waals surface area contributed by atoms with E-state index in [2.05, 4.69) is 5.32 Å². The highest BCUT2D eigenvalue weighted by Gasteiger charge is 2.22. The molecule has 0 aliphatic heterocycles. The minimum absolute atomic E-state index is 0.0534. The highest BCUT2D eigenvalue weighted by atomic mass is 16.5. The van der Waals surface area contributed by atoms with E-state index in [-0.39, 0.29) is 11.7 Å². The molecule has 0 heterocycles. The first-order valence-electron chi connectivity index (χ1n) is 9.64. The first-order valence-corrected chi connectivity index (χ1v) is 9.64. The molecule has 3 rings (SSSR count). The quantitative estimate of drug-likeness (QED) is 0.397. The van der Waals surface area contributed by atoms with Gasteiger partial charge in [-0.1, -0.05) is 54.6 Å². The van der Waals surface area contributed by atoms with Crippen molar-refractivity contribution in [3.63, 3.8) is 0 Å². The number of hydrogen-bond donors (Lipinski definition) is 3. The van der Waals surface area contributed by atoms with Gasteiger partial charge in [-0.05, 0) is 29.8 Å². The summed E-state index contributed by atoms with van der Waals surface area (Å²) in [5, 5.41) is 10.6. The smallest absolute Gasteiger partial charge is 0.266 e. The number of anilines is 1. The number of amidine groups is 1. The van der Waals surface area contributed by atoms with Crippen LogP contribution in [0.2, 0.25) is 0 Å². The molecule has 3 aromatic carbocycles. The molecule has 0 aliphatic rings. The third kappa shape index (κ3) is 5.38. The summed E-state index contributed by atoms with van der Waals surface area (Å²) >= 11 is 0.